The van der Waals surface area contributed by atoms with Gasteiger partial charge in [-0.05, 0) is 24.6 Å². The second-order valence-corrected chi connectivity index (χ2v) is 8.35. The standard InChI is InChI=1S/C18H21N5O3S/c1-2-16(21-10-12-22(13-11-21)18-19-8-5-9-20-18)23-17(24)14-6-3-4-7-15(14)27(23,25)26/h3-9,16H,2,10-13H2,1H3. The Labute approximate surface area is 158 Å². The highest BCUT2D eigenvalue weighted by atomic mass is 32.2. The first-order chi connectivity index (χ1) is 13.0. The molecule has 0 saturated carbocycles. The number of sulfonamides is 1. The zero-order valence-electron chi connectivity index (χ0n) is 15.0. The van der Waals surface area contributed by atoms with Gasteiger partial charge in [0.2, 0.25) is 5.95 Å². The van der Waals surface area contributed by atoms with E-state index >= 15 is 0 Å². The lowest BCUT2D eigenvalue weighted by atomic mass is 10.2. The Hall–Kier alpha value is -2.52. The summed E-state index contributed by atoms with van der Waals surface area (Å²) in [5.74, 6) is 0.230. The number of benzene rings is 1. The number of carbonyl (C=O) groups excluding carboxylic acids is 1. The summed E-state index contributed by atoms with van der Waals surface area (Å²) in [5, 5.41) is 0. The van der Waals surface area contributed by atoms with Crippen molar-refractivity contribution in [3.05, 3.63) is 48.3 Å². The van der Waals surface area contributed by atoms with Crippen LogP contribution in [-0.2, 0) is 10.0 Å². The van der Waals surface area contributed by atoms with Crippen molar-refractivity contribution in [3.8, 4) is 0 Å². The largest absolute Gasteiger partial charge is 0.338 e. The number of carbonyl (C=O) groups is 1. The maximum absolute atomic E-state index is 13.0. The monoisotopic (exact) mass is 387 g/mol. The fourth-order valence-electron chi connectivity index (χ4n) is 3.74. The third-order valence-electron chi connectivity index (χ3n) is 5.06. The summed E-state index contributed by atoms with van der Waals surface area (Å²) in [6, 6.07) is 8.18. The summed E-state index contributed by atoms with van der Waals surface area (Å²) < 4.78 is 27.0. The van der Waals surface area contributed by atoms with Gasteiger partial charge in [-0.2, -0.15) is 0 Å². The van der Waals surface area contributed by atoms with Crippen molar-refractivity contribution in [1.29, 1.82) is 0 Å². The Kier molecular flexibility index (Phi) is 4.56. The number of nitrogens with zero attached hydrogens (tertiary/aromatic N) is 5. The molecule has 1 aromatic carbocycles. The fraction of sp³-hybridized carbons (Fsp3) is 0.389. The molecule has 1 atom stereocenters. The van der Waals surface area contributed by atoms with Crippen LogP contribution in [0.4, 0.5) is 5.95 Å². The molecule has 27 heavy (non-hydrogen) atoms. The van der Waals surface area contributed by atoms with E-state index in [0.717, 1.165) is 4.31 Å². The Bertz CT molecular complexity index is 942. The summed E-state index contributed by atoms with van der Waals surface area (Å²) in [4.78, 5) is 25.6. The van der Waals surface area contributed by atoms with Crippen LogP contribution in [0.2, 0.25) is 0 Å². The molecule has 2 aliphatic heterocycles. The van der Waals surface area contributed by atoms with Gasteiger partial charge in [0.15, 0.2) is 0 Å². The summed E-state index contributed by atoms with van der Waals surface area (Å²) in [6.07, 6.45) is 3.45. The molecule has 1 fully saturated rings. The molecule has 9 heteroatoms. The molecule has 3 heterocycles. The Morgan fingerprint density at radius 3 is 2.33 bits per heavy atom. The van der Waals surface area contributed by atoms with Crippen LogP contribution in [0.3, 0.4) is 0 Å². The lowest BCUT2D eigenvalue weighted by Crippen LogP contribution is -2.57. The highest BCUT2D eigenvalue weighted by Crippen LogP contribution is 2.33. The smallest absolute Gasteiger partial charge is 0.270 e. The quantitative estimate of drug-likeness (QED) is 0.778. The van der Waals surface area contributed by atoms with Crippen molar-refractivity contribution < 1.29 is 13.2 Å². The molecule has 0 aliphatic carbocycles. The highest BCUT2D eigenvalue weighted by Gasteiger charge is 2.46. The van der Waals surface area contributed by atoms with E-state index in [-0.39, 0.29) is 10.5 Å². The predicted octanol–water partition coefficient (Wildman–Crippen LogP) is 1.18. The summed E-state index contributed by atoms with van der Waals surface area (Å²) in [7, 11) is -3.82. The Balaban J connectivity index is 1.55. The SMILES string of the molecule is CCC(N1CCN(c2ncccn2)CC1)N1C(=O)c2ccccc2S1(=O)=O. The van der Waals surface area contributed by atoms with E-state index in [9.17, 15) is 13.2 Å². The van der Waals surface area contributed by atoms with E-state index in [1.807, 2.05) is 6.92 Å². The van der Waals surface area contributed by atoms with Gasteiger partial charge in [0.1, 0.15) is 11.1 Å². The van der Waals surface area contributed by atoms with Gasteiger partial charge >= 0.3 is 0 Å². The molecule has 1 amide bonds. The van der Waals surface area contributed by atoms with Crippen LogP contribution < -0.4 is 4.90 Å². The Morgan fingerprint density at radius 1 is 1.04 bits per heavy atom. The van der Waals surface area contributed by atoms with Crippen LogP contribution in [0.1, 0.15) is 23.7 Å². The van der Waals surface area contributed by atoms with E-state index in [2.05, 4.69) is 19.8 Å². The lowest BCUT2D eigenvalue weighted by molar-refractivity contribution is 0.0585. The van der Waals surface area contributed by atoms with Gasteiger partial charge in [-0.3, -0.25) is 9.69 Å². The lowest BCUT2D eigenvalue weighted by Gasteiger charge is -2.41. The van der Waals surface area contributed by atoms with Gasteiger partial charge in [0.25, 0.3) is 15.9 Å². The van der Waals surface area contributed by atoms with Crippen LogP contribution in [-0.4, -0.2) is 65.8 Å². The highest BCUT2D eigenvalue weighted by molar-refractivity contribution is 7.90. The molecule has 0 bridgehead atoms. The van der Waals surface area contributed by atoms with Gasteiger partial charge in [-0.1, -0.05) is 19.1 Å². The molecule has 2 aromatic rings. The van der Waals surface area contributed by atoms with Gasteiger partial charge in [0, 0.05) is 38.6 Å². The molecule has 8 nitrogen and oxygen atoms in total. The zero-order chi connectivity index (χ0) is 19.0. The van der Waals surface area contributed by atoms with Crippen molar-refractivity contribution in [2.75, 3.05) is 31.1 Å². The first kappa shape index (κ1) is 17.9. The first-order valence-corrected chi connectivity index (χ1v) is 10.4. The molecular formula is C18H21N5O3S. The molecule has 4 rings (SSSR count). The molecule has 0 spiro atoms. The summed E-state index contributed by atoms with van der Waals surface area (Å²) in [6.45, 7) is 4.52. The molecule has 1 saturated heterocycles. The van der Waals surface area contributed by atoms with E-state index in [0.29, 0.717) is 38.5 Å². The minimum absolute atomic E-state index is 0.102. The van der Waals surface area contributed by atoms with Gasteiger partial charge in [-0.25, -0.2) is 22.7 Å². The van der Waals surface area contributed by atoms with E-state index in [1.54, 1.807) is 36.7 Å². The average Bonchev–Trinajstić information content (AvgIpc) is 2.91. The maximum atomic E-state index is 13.0. The number of amides is 1. The second kappa shape index (κ2) is 6.90. The minimum atomic E-state index is -3.82. The molecular weight excluding hydrogens is 366 g/mol. The molecule has 142 valence electrons. The normalized spacial score (nSPS) is 20.6. The number of hydrogen-bond acceptors (Lipinski definition) is 7. The van der Waals surface area contributed by atoms with Gasteiger partial charge < -0.3 is 4.90 Å². The minimum Gasteiger partial charge on any atom is -0.338 e. The Morgan fingerprint density at radius 2 is 1.70 bits per heavy atom. The van der Waals surface area contributed by atoms with Crippen molar-refractivity contribution in [2.24, 2.45) is 0 Å². The van der Waals surface area contributed by atoms with E-state index < -0.39 is 22.1 Å². The van der Waals surface area contributed by atoms with Crippen molar-refractivity contribution in [2.45, 2.75) is 24.4 Å². The van der Waals surface area contributed by atoms with Crippen molar-refractivity contribution in [3.63, 3.8) is 0 Å². The molecule has 1 unspecified atom stereocenters. The van der Waals surface area contributed by atoms with E-state index in [4.69, 9.17) is 0 Å². The van der Waals surface area contributed by atoms with Crippen LogP contribution in [0.25, 0.3) is 0 Å². The van der Waals surface area contributed by atoms with Crippen molar-refractivity contribution >= 4 is 21.9 Å². The second-order valence-electron chi connectivity index (χ2n) is 6.56. The average molecular weight is 387 g/mol. The molecule has 2 aliphatic rings. The maximum Gasteiger partial charge on any atom is 0.270 e. The first-order valence-electron chi connectivity index (χ1n) is 8.98. The van der Waals surface area contributed by atoms with Crippen molar-refractivity contribution in [1.82, 2.24) is 19.2 Å². The number of hydrogen-bond donors (Lipinski definition) is 0. The van der Waals surface area contributed by atoms with Crippen LogP contribution >= 0.6 is 0 Å². The van der Waals surface area contributed by atoms with Gasteiger partial charge in [0.05, 0.1) is 5.56 Å². The molecule has 1 aromatic heterocycles. The number of rotatable bonds is 4. The van der Waals surface area contributed by atoms with Crippen LogP contribution in [0.15, 0.2) is 47.6 Å². The predicted molar refractivity (Wildman–Crippen MR) is 99.7 cm³/mol. The number of aromatic nitrogens is 2. The number of piperazine rings is 1. The van der Waals surface area contributed by atoms with Crippen LogP contribution in [0, 0.1) is 0 Å². The third-order valence-corrected chi connectivity index (χ3v) is 6.90. The summed E-state index contributed by atoms with van der Waals surface area (Å²) in [5.41, 5.74) is 0.257. The third kappa shape index (κ3) is 2.96. The fourth-order valence-corrected chi connectivity index (χ4v) is 5.56. The van der Waals surface area contributed by atoms with Crippen LogP contribution in [0.5, 0.6) is 0 Å². The number of fused-ring (bicyclic) bond motifs is 1. The molecule has 0 radical (unpaired) electrons. The topological polar surface area (TPSA) is 86.7 Å². The molecule has 0 N–H and O–H groups in total. The van der Waals surface area contributed by atoms with E-state index in [1.165, 1.54) is 6.07 Å². The number of anilines is 1. The zero-order valence-corrected chi connectivity index (χ0v) is 15.8. The van der Waals surface area contributed by atoms with Gasteiger partial charge in [-0.15, -0.1) is 0 Å². The summed E-state index contributed by atoms with van der Waals surface area (Å²) >= 11 is 0.